The van der Waals surface area contributed by atoms with Gasteiger partial charge in [-0.2, -0.15) is 0 Å². The van der Waals surface area contributed by atoms with Gasteiger partial charge in [-0.3, -0.25) is 4.99 Å². The molecule has 33 heavy (non-hydrogen) atoms. The zero-order valence-corrected chi connectivity index (χ0v) is 21.8. The van der Waals surface area contributed by atoms with Crippen LogP contribution in [0.3, 0.4) is 0 Å². The van der Waals surface area contributed by atoms with Crippen LogP contribution in [0, 0.1) is 5.92 Å². The van der Waals surface area contributed by atoms with E-state index in [1.54, 1.807) is 0 Å². The van der Waals surface area contributed by atoms with Gasteiger partial charge in [0, 0.05) is 39.1 Å². The van der Waals surface area contributed by atoms with Crippen LogP contribution in [0.25, 0.3) is 0 Å². The number of ether oxygens (including phenoxy) is 1. The van der Waals surface area contributed by atoms with Gasteiger partial charge in [0.05, 0.1) is 25.6 Å². The molecule has 1 aliphatic rings. The van der Waals surface area contributed by atoms with Crippen molar-refractivity contribution in [3.63, 3.8) is 0 Å². The molecule has 2 unspecified atom stereocenters. The van der Waals surface area contributed by atoms with E-state index >= 15 is 0 Å². The first kappa shape index (κ1) is 25.2. The van der Waals surface area contributed by atoms with Crippen molar-refractivity contribution in [3.05, 3.63) is 90.0 Å². The predicted octanol–water partition coefficient (Wildman–Crippen LogP) is 4.88. The van der Waals surface area contributed by atoms with Crippen molar-refractivity contribution in [1.29, 1.82) is 0 Å². The van der Waals surface area contributed by atoms with E-state index in [4.69, 9.17) is 4.74 Å². The molecule has 0 bridgehead atoms. The molecular weight excluding hydrogens is 525 g/mol. The molecule has 2 atom stereocenters. The summed E-state index contributed by atoms with van der Waals surface area (Å²) in [6.07, 6.45) is 6.97. The third-order valence-electron chi connectivity index (χ3n) is 6.26. The molecule has 7 heteroatoms. The highest BCUT2D eigenvalue weighted by atomic mass is 127. The molecule has 1 aromatic heterocycles. The number of hydrogen-bond acceptors (Lipinski definition) is 3. The van der Waals surface area contributed by atoms with Crippen LogP contribution in [0.4, 0.5) is 0 Å². The number of halogens is 1. The Bertz CT molecular complexity index is 993. The molecule has 1 fully saturated rings. The van der Waals surface area contributed by atoms with Gasteiger partial charge >= 0.3 is 0 Å². The van der Waals surface area contributed by atoms with Crippen molar-refractivity contribution < 1.29 is 4.74 Å². The van der Waals surface area contributed by atoms with Crippen molar-refractivity contribution in [2.75, 3.05) is 20.1 Å². The Hall–Kier alpha value is -2.39. The molecule has 3 aromatic rings. The van der Waals surface area contributed by atoms with Crippen molar-refractivity contribution in [2.45, 2.75) is 39.1 Å². The van der Waals surface area contributed by atoms with E-state index in [9.17, 15) is 0 Å². The van der Waals surface area contributed by atoms with Gasteiger partial charge in [-0.15, -0.1) is 24.0 Å². The van der Waals surface area contributed by atoms with E-state index in [0.717, 1.165) is 32.0 Å². The van der Waals surface area contributed by atoms with Crippen LogP contribution in [0.15, 0.2) is 78.3 Å². The lowest BCUT2D eigenvalue weighted by atomic mass is 9.93. The van der Waals surface area contributed by atoms with Crippen molar-refractivity contribution >= 4 is 29.9 Å². The van der Waals surface area contributed by atoms with Gasteiger partial charge in [0.25, 0.3) is 0 Å². The summed E-state index contributed by atoms with van der Waals surface area (Å²) in [4.78, 5) is 11.2. The fourth-order valence-corrected chi connectivity index (χ4v) is 4.33. The molecule has 0 amide bonds. The Morgan fingerprint density at radius 3 is 2.58 bits per heavy atom. The SMILES string of the molecule is CN=C(NCc1ccccc1COCc1ccccc1)N1CCC(C)C(n2ccnc2)C1.I. The predicted molar refractivity (Wildman–Crippen MR) is 144 cm³/mol. The van der Waals surface area contributed by atoms with Gasteiger partial charge in [0.15, 0.2) is 5.96 Å². The summed E-state index contributed by atoms with van der Waals surface area (Å²) >= 11 is 0. The van der Waals surface area contributed by atoms with Crippen LogP contribution in [0.2, 0.25) is 0 Å². The van der Waals surface area contributed by atoms with E-state index in [2.05, 4.69) is 74.3 Å². The summed E-state index contributed by atoms with van der Waals surface area (Å²) < 4.78 is 8.21. The van der Waals surface area contributed by atoms with Gasteiger partial charge in [0.2, 0.25) is 0 Å². The minimum absolute atomic E-state index is 0. The number of piperidine rings is 1. The minimum Gasteiger partial charge on any atom is -0.372 e. The molecule has 1 aliphatic heterocycles. The van der Waals surface area contributed by atoms with E-state index in [1.807, 2.05) is 37.8 Å². The first-order chi connectivity index (χ1) is 15.7. The van der Waals surface area contributed by atoms with E-state index in [1.165, 1.54) is 16.7 Å². The molecule has 1 N–H and O–H groups in total. The fourth-order valence-electron chi connectivity index (χ4n) is 4.33. The maximum Gasteiger partial charge on any atom is 0.193 e. The molecular formula is C26H34IN5O. The van der Waals surface area contributed by atoms with Crippen molar-refractivity contribution in [3.8, 4) is 0 Å². The van der Waals surface area contributed by atoms with Crippen LogP contribution in [0.5, 0.6) is 0 Å². The zero-order chi connectivity index (χ0) is 22.2. The van der Waals surface area contributed by atoms with Crippen LogP contribution in [-0.4, -0.2) is 40.5 Å². The van der Waals surface area contributed by atoms with Gasteiger partial charge in [-0.25, -0.2) is 4.98 Å². The third-order valence-corrected chi connectivity index (χ3v) is 6.26. The Morgan fingerprint density at radius 2 is 1.85 bits per heavy atom. The lowest BCUT2D eigenvalue weighted by Gasteiger charge is -2.39. The Kier molecular flexibility index (Phi) is 9.75. The van der Waals surface area contributed by atoms with Crippen LogP contribution >= 0.6 is 24.0 Å². The van der Waals surface area contributed by atoms with Crippen LogP contribution in [0.1, 0.15) is 36.1 Å². The molecule has 2 aromatic carbocycles. The van der Waals surface area contributed by atoms with Crippen molar-refractivity contribution in [2.24, 2.45) is 10.9 Å². The summed E-state index contributed by atoms with van der Waals surface area (Å²) in [6, 6.07) is 19.2. The van der Waals surface area contributed by atoms with Crippen LogP contribution < -0.4 is 5.32 Å². The zero-order valence-electron chi connectivity index (χ0n) is 19.4. The second-order valence-electron chi connectivity index (χ2n) is 8.44. The number of imidazole rings is 1. The van der Waals surface area contributed by atoms with E-state index in [0.29, 0.717) is 25.2 Å². The standard InChI is InChI=1S/C26H33N5O.HI/c1-21-12-14-30(17-25(21)31-15-13-28-20-31)26(27-2)29-16-23-10-6-7-11-24(23)19-32-18-22-8-4-3-5-9-22;/h3-11,13,15,20-21,25H,12,14,16-19H2,1-2H3,(H,27,29);1H. The van der Waals surface area contributed by atoms with Gasteiger partial charge in [0.1, 0.15) is 0 Å². The molecule has 6 nitrogen and oxygen atoms in total. The summed E-state index contributed by atoms with van der Waals surface area (Å²) in [6.45, 7) is 6.19. The Balaban J connectivity index is 0.00000306. The number of aliphatic imine (C=N–C) groups is 1. The normalized spacial score (nSPS) is 18.6. The second kappa shape index (κ2) is 12.7. The fraction of sp³-hybridized carbons (Fsp3) is 0.385. The average Bonchev–Trinajstić information content (AvgIpc) is 3.37. The summed E-state index contributed by atoms with van der Waals surface area (Å²) in [5, 5.41) is 3.58. The first-order valence-corrected chi connectivity index (χ1v) is 11.4. The molecule has 0 spiro atoms. The van der Waals surface area contributed by atoms with Gasteiger partial charge < -0.3 is 19.5 Å². The number of guanidine groups is 1. The summed E-state index contributed by atoms with van der Waals surface area (Å²) in [7, 11) is 1.86. The largest absolute Gasteiger partial charge is 0.372 e. The lowest BCUT2D eigenvalue weighted by Crippen LogP contribution is -2.48. The third kappa shape index (κ3) is 6.80. The molecule has 1 saturated heterocycles. The lowest BCUT2D eigenvalue weighted by molar-refractivity contribution is 0.106. The number of aromatic nitrogens is 2. The number of rotatable bonds is 7. The van der Waals surface area contributed by atoms with Crippen molar-refractivity contribution in [1.82, 2.24) is 19.8 Å². The monoisotopic (exact) mass is 559 g/mol. The molecule has 0 aliphatic carbocycles. The highest BCUT2D eigenvalue weighted by Gasteiger charge is 2.28. The minimum atomic E-state index is 0. The smallest absolute Gasteiger partial charge is 0.193 e. The number of likely N-dealkylation sites (tertiary alicyclic amines) is 1. The molecule has 0 saturated carbocycles. The Morgan fingerprint density at radius 1 is 1.09 bits per heavy atom. The molecule has 0 radical (unpaired) electrons. The Labute approximate surface area is 214 Å². The molecule has 4 rings (SSSR count). The quantitative estimate of drug-likeness (QED) is 0.255. The average molecular weight is 559 g/mol. The van der Waals surface area contributed by atoms with Crippen LogP contribution in [-0.2, 0) is 24.5 Å². The molecule has 176 valence electrons. The topological polar surface area (TPSA) is 54.7 Å². The number of benzene rings is 2. The second-order valence-corrected chi connectivity index (χ2v) is 8.44. The maximum absolute atomic E-state index is 5.99. The van der Waals surface area contributed by atoms with Gasteiger partial charge in [-0.1, -0.05) is 61.5 Å². The van der Waals surface area contributed by atoms with Gasteiger partial charge in [-0.05, 0) is 29.0 Å². The summed E-state index contributed by atoms with van der Waals surface area (Å²) in [5.74, 6) is 1.56. The molecule has 2 heterocycles. The maximum atomic E-state index is 5.99. The highest BCUT2D eigenvalue weighted by Crippen LogP contribution is 2.27. The number of nitrogens with zero attached hydrogens (tertiary/aromatic N) is 4. The first-order valence-electron chi connectivity index (χ1n) is 11.4. The number of nitrogens with one attached hydrogen (secondary N) is 1. The van der Waals surface area contributed by atoms with E-state index in [-0.39, 0.29) is 24.0 Å². The number of hydrogen-bond donors (Lipinski definition) is 1. The van der Waals surface area contributed by atoms with E-state index < -0.39 is 0 Å². The highest BCUT2D eigenvalue weighted by molar-refractivity contribution is 14.0. The summed E-state index contributed by atoms with van der Waals surface area (Å²) in [5.41, 5.74) is 3.63.